The van der Waals surface area contributed by atoms with Gasteiger partial charge in [-0.15, -0.1) is 0 Å². The van der Waals surface area contributed by atoms with Gasteiger partial charge in [0.15, 0.2) is 0 Å². The summed E-state index contributed by atoms with van der Waals surface area (Å²) < 4.78 is 5.28. The van der Waals surface area contributed by atoms with Crippen LogP contribution in [0.1, 0.15) is 18.4 Å². The van der Waals surface area contributed by atoms with E-state index in [2.05, 4.69) is 35.7 Å². The smallest absolute Gasteiger partial charge is 0.317 e. The number of hydrogen-bond donors (Lipinski definition) is 1. The van der Waals surface area contributed by atoms with Crippen molar-refractivity contribution >= 4 is 11.6 Å². The van der Waals surface area contributed by atoms with Crippen molar-refractivity contribution in [3.63, 3.8) is 0 Å². The fourth-order valence-electron chi connectivity index (χ4n) is 2.68. The van der Waals surface area contributed by atoms with Gasteiger partial charge in [-0.25, -0.2) is 4.79 Å². The molecule has 2 aliphatic heterocycles. The van der Waals surface area contributed by atoms with Crippen molar-refractivity contribution in [3.05, 3.63) is 42.0 Å². The van der Waals surface area contributed by atoms with E-state index in [4.69, 9.17) is 4.74 Å². The molecule has 4 nitrogen and oxygen atoms in total. The highest BCUT2D eigenvalue weighted by atomic mass is 16.5. The van der Waals surface area contributed by atoms with E-state index in [0.717, 1.165) is 26.0 Å². The van der Waals surface area contributed by atoms with Crippen molar-refractivity contribution in [1.82, 2.24) is 10.2 Å². The third-order valence-electron chi connectivity index (χ3n) is 3.90. The number of carbonyl (C=O) groups excluding carboxylic acids is 1. The molecule has 0 saturated carbocycles. The Morgan fingerprint density at radius 2 is 2.15 bits per heavy atom. The first-order chi connectivity index (χ1) is 9.83. The molecule has 0 bridgehead atoms. The fourth-order valence-corrected chi connectivity index (χ4v) is 2.68. The van der Waals surface area contributed by atoms with Crippen molar-refractivity contribution in [1.29, 1.82) is 0 Å². The lowest BCUT2D eigenvalue weighted by atomic mass is 10.00. The summed E-state index contributed by atoms with van der Waals surface area (Å²) in [5.41, 5.74) is 2.59. The number of nitrogens with zero attached hydrogens (tertiary/aromatic N) is 1. The van der Waals surface area contributed by atoms with Crippen molar-refractivity contribution in [2.75, 3.05) is 26.3 Å². The van der Waals surface area contributed by atoms with Crippen LogP contribution in [0, 0.1) is 0 Å². The summed E-state index contributed by atoms with van der Waals surface area (Å²) in [6.07, 6.45) is 3.99. The Morgan fingerprint density at radius 1 is 1.30 bits per heavy atom. The lowest BCUT2D eigenvalue weighted by Gasteiger charge is -2.28. The van der Waals surface area contributed by atoms with Gasteiger partial charge in [-0.3, -0.25) is 0 Å². The van der Waals surface area contributed by atoms with Crippen LogP contribution in [0.4, 0.5) is 4.79 Å². The second kappa shape index (κ2) is 6.09. The average molecular weight is 272 g/mol. The van der Waals surface area contributed by atoms with Gasteiger partial charge in [0, 0.05) is 19.7 Å². The zero-order valence-corrected chi connectivity index (χ0v) is 11.5. The molecule has 1 aromatic rings. The fraction of sp³-hybridized carbons (Fsp3) is 0.438. The van der Waals surface area contributed by atoms with Crippen LogP contribution >= 0.6 is 0 Å². The van der Waals surface area contributed by atoms with Gasteiger partial charge in [0.1, 0.15) is 0 Å². The molecule has 2 heterocycles. The molecule has 0 spiro atoms. The van der Waals surface area contributed by atoms with Gasteiger partial charge in [-0.2, -0.15) is 0 Å². The Labute approximate surface area is 119 Å². The maximum Gasteiger partial charge on any atom is 0.317 e. The zero-order valence-electron chi connectivity index (χ0n) is 11.5. The van der Waals surface area contributed by atoms with Gasteiger partial charge < -0.3 is 15.0 Å². The number of carbonyl (C=O) groups is 1. The first kappa shape index (κ1) is 13.2. The van der Waals surface area contributed by atoms with E-state index < -0.39 is 0 Å². The molecule has 0 aliphatic carbocycles. The Kier molecular flexibility index (Phi) is 4.02. The molecule has 2 amide bonds. The van der Waals surface area contributed by atoms with E-state index in [0.29, 0.717) is 13.2 Å². The van der Waals surface area contributed by atoms with Crippen molar-refractivity contribution in [2.24, 2.45) is 0 Å². The van der Waals surface area contributed by atoms with Gasteiger partial charge in [0.05, 0.1) is 12.6 Å². The normalized spacial score (nSPS) is 22.5. The zero-order chi connectivity index (χ0) is 13.8. The third kappa shape index (κ3) is 3.02. The van der Waals surface area contributed by atoms with Crippen LogP contribution in [0.5, 0.6) is 0 Å². The van der Waals surface area contributed by atoms with Gasteiger partial charge >= 0.3 is 6.03 Å². The Balaban J connectivity index is 1.57. The minimum absolute atomic E-state index is 0.0314. The number of rotatable bonds is 2. The van der Waals surface area contributed by atoms with Crippen LogP contribution in [-0.2, 0) is 4.74 Å². The van der Waals surface area contributed by atoms with Crippen molar-refractivity contribution in [3.8, 4) is 0 Å². The van der Waals surface area contributed by atoms with E-state index in [-0.39, 0.29) is 12.1 Å². The number of amides is 2. The predicted octanol–water partition coefficient (Wildman–Crippen LogP) is 2.27. The first-order valence-corrected chi connectivity index (χ1v) is 7.20. The standard InChI is InChI=1S/C16H20N2O2/c19-16(17-15-8-11-20-12-15)18-9-6-14(7-10-18)13-4-2-1-3-5-13/h1-6,15H,7-12H2,(H,17,19)/t15-/m1/s1. The molecular formula is C16H20N2O2. The van der Waals surface area contributed by atoms with Crippen LogP contribution in [-0.4, -0.2) is 43.3 Å². The summed E-state index contributed by atoms with van der Waals surface area (Å²) in [4.78, 5) is 14.0. The molecule has 0 aromatic heterocycles. The van der Waals surface area contributed by atoms with Gasteiger partial charge in [-0.05, 0) is 24.0 Å². The van der Waals surface area contributed by atoms with Crippen LogP contribution in [0.2, 0.25) is 0 Å². The first-order valence-electron chi connectivity index (χ1n) is 7.20. The minimum atomic E-state index is 0.0314. The minimum Gasteiger partial charge on any atom is -0.379 e. The molecule has 1 saturated heterocycles. The molecule has 1 aromatic carbocycles. The number of nitrogens with one attached hydrogen (secondary N) is 1. The third-order valence-corrected chi connectivity index (χ3v) is 3.90. The molecule has 106 valence electrons. The van der Waals surface area contributed by atoms with E-state index in [1.54, 1.807) is 0 Å². The summed E-state index contributed by atoms with van der Waals surface area (Å²) in [5, 5.41) is 3.04. The average Bonchev–Trinajstić information content (AvgIpc) is 3.01. The van der Waals surface area contributed by atoms with Crippen LogP contribution in [0.25, 0.3) is 5.57 Å². The number of urea groups is 1. The predicted molar refractivity (Wildman–Crippen MR) is 78.4 cm³/mol. The summed E-state index contributed by atoms with van der Waals surface area (Å²) >= 11 is 0. The van der Waals surface area contributed by atoms with Crippen LogP contribution in [0.3, 0.4) is 0 Å². The molecule has 0 unspecified atom stereocenters. The largest absolute Gasteiger partial charge is 0.379 e. The van der Waals surface area contributed by atoms with Crippen molar-refractivity contribution < 1.29 is 9.53 Å². The van der Waals surface area contributed by atoms with Crippen LogP contribution < -0.4 is 5.32 Å². The topological polar surface area (TPSA) is 41.6 Å². The summed E-state index contributed by atoms with van der Waals surface area (Å²) in [7, 11) is 0. The van der Waals surface area contributed by atoms with E-state index in [1.807, 2.05) is 11.0 Å². The molecule has 3 rings (SSSR count). The highest BCUT2D eigenvalue weighted by Gasteiger charge is 2.22. The van der Waals surface area contributed by atoms with Crippen molar-refractivity contribution in [2.45, 2.75) is 18.9 Å². The number of hydrogen-bond acceptors (Lipinski definition) is 2. The highest BCUT2D eigenvalue weighted by Crippen LogP contribution is 2.22. The molecule has 1 atom stereocenters. The Hall–Kier alpha value is -1.81. The molecule has 4 heteroatoms. The Morgan fingerprint density at radius 3 is 2.80 bits per heavy atom. The Bertz CT molecular complexity index is 492. The van der Waals surface area contributed by atoms with Gasteiger partial charge in [-0.1, -0.05) is 36.4 Å². The molecule has 2 aliphatic rings. The highest BCUT2D eigenvalue weighted by molar-refractivity contribution is 5.77. The van der Waals surface area contributed by atoms with Gasteiger partial charge in [0.2, 0.25) is 0 Å². The van der Waals surface area contributed by atoms with E-state index in [1.165, 1.54) is 11.1 Å². The summed E-state index contributed by atoms with van der Waals surface area (Å²) in [6.45, 7) is 2.86. The molecule has 1 fully saturated rings. The van der Waals surface area contributed by atoms with E-state index >= 15 is 0 Å². The summed E-state index contributed by atoms with van der Waals surface area (Å²) in [6, 6.07) is 10.6. The van der Waals surface area contributed by atoms with E-state index in [9.17, 15) is 4.79 Å². The molecule has 1 N–H and O–H groups in total. The van der Waals surface area contributed by atoms with Gasteiger partial charge in [0.25, 0.3) is 0 Å². The maximum atomic E-state index is 12.1. The number of ether oxygens (including phenoxy) is 1. The lowest BCUT2D eigenvalue weighted by Crippen LogP contribution is -2.46. The molecule has 0 radical (unpaired) electrons. The quantitative estimate of drug-likeness (QED) is 0.897. The lowest BCUT2D eigenvalue weighted by molar-refractivity contribution is 0.180. The molecular weight excluding hydrogens is 252 g/mol. The van der Waals surface area contributed by atoms with Crippen LogP contribution in [0.15, 0.2) is 36.4 Å². The SMILES string of the molecule is O=C(N[C@@H]1CCOC1)N1CC=C(c2ccccc2)CC1. The molecule has 20 heavy (non-hydrogen) atoms. The monoisotopic (exact) mass is 272 g/mol. The number of benzene rings is 1. The second-order valence-corrected chi connectivity index (χ2v) is 5.30. The second-order valence-electron chi connectivity index (χ2n) is 5.30. The summed E-state index contributed by atoms with van der Waals surface area (Å²) in [5.74, 6) is 0. The maximum absolute atomic E-state index is 12.1.